The average molecular weight is 277 g/mol. The zero-order valence-electron chi connectivity index (χ0n) is 12.2. The number of nitrogens with two attached hydrogens (primary N) is 1. The first-order valence-corrected chi connectivity index (χ1v) is 7.11. The van der Waals surface area contributed by atoms with Crippen LogP contribution in [0.4, 0.5) is 5.69 Å². The topological polar surface area (TPSA) is 69.8 Å². The number of hydrogen-bond donors (Lipinski definition) is 2. The summed E-state index contributed by atoms with van der Waals surface area (Å²) in [4.78, 5) is 16.6. The standard InChI is InChI=1S/C15H23N3O2/c1-3-18-8-6-12(7-9-18)17(2)15(20)11-4-5-13(16)14(19)10-11/h4-5,10,12,19H,3,6-9,16H2,1-2H3. The molecule has 1 aromatic rings. The highest BCUT2D eigenvalue weighted by Gasteiger charge is 2.25. The molecule has 1 saturated heterocycles. The van der Waals surface area contributed by atoms with Crippen LogP contribution >= 0.6 is 0 Å². The summed E-state index contributed by atoms with van der Waals surface area (Å²) in [5, 5.41) is 9.61. The number of anilines is 1. The van der Waals surface area contributed by atoms with Gasteiger partial charge in [0.1, 0.15) is 5.75 Å². The Morgan fingerprint density at radius 3 is 2.65 bits per heavy atom. The van der Waals surface area contributed by atoms with Gasteiger partial charge in [-0.05, 0) is 37.6 Å². The van der Waals surface area contributed by atoms with Crippen molar-refractivity contribution < 1.29 is 9.90 Å². The Kier molecular flexibility index (Phi) is 4.49. The van der Waals surface area contributed by atoms with Crippen molar-refractivity contribution in [2.75, 3.05) is 32.4 Å². The molecular formula is C15H23N3O2. The third-order valence-electron chi connectivity index (χ3n) is 4.15. The lowest BCUT2D eigenvalue weighted by atomic mass is 10.0. The normalized spacial score (nSPS) is 17.1. The lowest BCUT2D eigenvalue weighted by Crippen LogP contribution is -2.45. The molecule has 0 aliphatic carbocycles. The maximum Gasteiger partial charge on any atom is 0.253 e. The molecule has 1 amide bonds. The number of amides is 1. The van der Waals surface area contributed by atoms with Gasteiger partial charge in [-0.15, -0.1) is 0 Å². The highest BCUT2D eigenvalue weighted by Crippen LogP contribution is 2.23. The van der Waals surface area contributed by atoms with Crippen molar-refractivity contribution in [3.8, 4) is 5.75 Å². The molecule has 1 aliphatic heterocycles. The quantitative estimate of drug-likeness (QED) is 0.649. The van der Waals surface area contributed by atoms with Crippen LogP contribution < -0.4 is 5.73 Å². The Labute approximate surface area is 120 Å². The number of nitrogens with zero attached hydrogens (tertiary/aromatic N) is 2. The molecule has 0 unspecified atom stereocenters. The summed E-state index contributed by atoms with van der Waals surface area (Å²) < 4.78 is 0. The number of rotatable bonds is 3. The fourth-order valence-electron chi connectivity index (χ4n) is 2.67. The van der Waals surface area contributed by atoms with Gasteiger partial charge in [0.05, 0.1) is 5.69 Å². The van der Waals surface area contributed by atoms with Gasteiger partial charge in [-0.3, -0.25) is 4.79 Å². The predicted octanol–water partition coefficient (Wildman–Crippen LogP) is 1.53. The van der Waals surface area contributed by atoms with Crippen molar-refractivity contribution in [2.45, 2.75) is 25.8 Å². The van der Waals surface area contributed by atoms with Gasteiger partial charge in [0.25, 0.3) is 5.91 Å². The maximum absolute atomic E-state index is 12.4. The predicted molar refractivity (Wildman–Crippen MR) is 79.7 cm³/mol. The van der Waals surface area contributed by atoms with Gasteiger partial charge >= 0.3 is 0 Å². The third kappa shape index (κ3) is 3.04. The van der Waals surface area contributed by atoms with Crippen molar-refractivity contribution in [3.05, 3.63) is 23.8 Å². The minimum Gasteiger partial charge on any atom is -0.506 e. The molecule has 1 aromatic carbocycles. The highest BCUT2D eigenvalue weighted by atomic mass is 16.3. The smallest absolute Gasteiger partial charge is 0.253 e. The van der Waals surface area contributed by atoms with Gasteiger partial charge < -0.3 is 20.6 Å². The van der Waals surface area contributed by atoms with Crippen molar-refractivity contribution in [2.24, 2.45) is 0 Å². The van der Waals surface area contributed by atoms with E-state index in [1.54, 1.807) is 17.0 Å². The van der Waals surface area contributed by atoms with Crippen LogP contribution in [0.3, 0.4) is 0 Å². The molecule has 5 heteroatoms. The van der Waals surface area contributed by atoms with Gasteiger partial charge in [0.15, 0.2) is 0 Å². The van der Waals surface area contributed by atoms with E-state index < -0.39 is 0 Å². The lowest BCUT2D eigenvalue weighted by molar-refractivity contribution is 0.0646. The summed E-state index contributed by atoms with van der Waals surface area (Å²) in [6.07, 6.45) is 1.99. The largest absolute Gasteiger partial charge is 0.506 e. The van der Waals surface area contributed by atoms with E-state index in [2.05, 4.69) is 11.8 Å². The number of aromatic hydroxyl groups is 1. The Balaban J connectivity index is 2.03. The first-order chi connectivity index (χ1) is 9.52. The molecule has 110 valence electrons. The second kappa shape index (κ2) is 6.13. The van der Waals surface area contributed by atoms with Gasteiger partial charge in [-0.2, -0.15) is 0 Å². The van der Waals surface area contributed by atoms with Crippen LogP contribution in [0.15, 0.2) is 18.2 Å². The molecule has 20 heavy (non-hydrogen) atoms. The van der Waals surface area contributed by atoms with Crippen LogP contribution in [-0.2, 0) is 0 Å². The van der Waals surface area contributed by atoms with Gasteiger partial charge in [-0.1, -0.05) is 6.92 Å². The molecule has 0 atom stereocenters. The summed E-state index contributed by atoms with van der Waals surface area (Å²) in [7, 11) is 1.84. The Morgan fingerprint density at radius 2 is 2.10 bits per heavy atom. The molecule has 0 aromatic heterocycles. The summed E-state index contributed by atoms with van der Waals surface area (Å²) >= 11 is 0. The van der Waals surface area contributed by atoms with E-state index in [4.69, 9.17) is 5.73 Å². The molecule has 0 bridgehead atoms. The van der Waals surface area contributed by atoms with E-state index in [0.717, 1.165) is 32.5 Å². The van der Waals surface area contributed by atoms with Crippen molar-refractivity contribution in [1.29, 1.82) is 0 Å². The molecule has 0 spiro atoms. The fraction of sp³-hybridized carbons (Fsp3) is 0.533. The first-order valence-electron chi connectivity index (χ1n) is 7.11. The number of benzene rings is 1. The van der Waals surface area contributed by atoms with Crippen LogP contribution in [0.5, 0.6) is 5.75 Å². The molecule has 5 nitrogen and oxygen atoms in total. The minimum atomic E-state index is -0.0600. The second-order valence-electron chi connectivity index (χ2n) is 5.36. The number of likely N-dealkylation sites (tertiary alicyclic amines) is 1. The van der Waals surface area contributed by atoms with E-state index in [-0.39, 0.29) is 17.7 Å². The summed E-state index contributed by atoms with van der Waals surface area (Å²) in [6, 6.07) is 4.94. The molecular weight excluding hydrogens is 254 g/mol. The van der Waals surface area contributed by atoms with Crippen molar-refractivity contribution in [3.63, 3.8) is 0 Å². The Bertz CT molecular complexity index is 482. The number of piperidine rings is 1. The first kappa shape index (κ1) is 14.7. The van der Waals surface area contributed by atoms with E-state index in [1.165, 1.54) is 6.07 Å². The molecule has 1 aliphatic rings. The maximum atomic E-state index is 12.4. The number of nitrogen functional groups attached to an aromatic ring is 1. The van der Waals surface area contributed by atoms with Crippen LogP contribution in [0.2, 0.25) is 0 Å². The fourth-order valence-corrected chi connectivity index (χ4v) is 2.67. The van der Waals surface area contributed by atoms with Crippen molar-refractivity contribution >= 4 is 11.6 Å². The molecule has 2 rings (SSSR count). The number of phenolic OH excluding ortho intramolecular Hbond substituents is 1. The zero-order chi connectivity index (χ0) is 14.7. The molecule has 3 N–H and O–H groups in total. The number of phenols is 1. The average Bonchev–Trinajstić information content (AvgIpc) is 2.48. The molecule has 1 heterocycles. The second-order valence-corrected chi connectivity index (χ2v) is 5.36. The van der Waals surface area contributed by atoms with Gasteiger partial charge in [0.2, 0.25) is 0 Å². The summed E-state index contributed by atoms with van der Waals surface area (Å²) in [6.45, 7) is 5.29. The molecule has 0 radical (unpaired) electrons. The number of hydrogen-bond acceptors (Lipinski definition) is 4. The van der Waals surface area contributed by atoms with E-state index in [1.807, 2.05) is 7.05 Å². The Hall–Kier alpha value is -1.75. The van der Waals surface area contributed by atoms with Crippen LogP contribution in [0.25, 0.3) is 0 Å². The number of carbonyl (C=O) groups is 1. The van der Waals surface area contributed by atoms with E-state index in [9.17, 15) is 9.90 Å². The van der Waals surface area contributed by atoms with E-state index >= 15 is 0 Å². The van der Waals surface area contributed by atoms with Gasteiger partial charge in [0, 0.05) is 31.7 Å². The van der Waals surface area contributed by atoms with Gasteiger partial charge in [-0.25, -0.2) is 0 Å². The lowest BCUT2D eigenvalue weighted by Gasteiger charge is -2.36. The third-order valence-corrected chi connectivity index (χ3v) is 4.15. The summed E-state index contributed by atoms with van der Waals surface area (Å²) in [5.74, 6) is -0.0969. The Morgan fingerprint density at radius 1 is 1.45 bits per heavy atom. The monoisotopic (exact) mass is 277 g/mol. The van der Waals surface area contributed by atoms with E-state index in [0.29, 0.717) is 11.3 Å². The highest BCUT2D eigenvalue weighted by molar-refractivity contribution is 5.95. The summed E-state index contributed by atoms with van der Waals surface area (Å²) in [5.41, 5.74) is 6.33. The molecule has 1 fully saturated rings. The van der Waals surface area contributed by atoms with Crippen LogP contribution in [0, 0.1) is 0 Å². The zero-order valence-corrected chi connectivity index (χ0v) is 12.2. The molecule has 0 saturated carbocycles. The number of carbonyl (C=O) groups excluding carboxylic acids is 1. The van der Waals surface area contributed by atoms with Crippen molar-refractivity contribution in [1.82, 2.24) is 9.80 Å². The van der Waals surface area contributed by atoms with Crippen LogP contribution in [0.1, 0.15) is 30.1 Å². The van der Waals surface area contributed by atoms with Crippen LogP contribution in [-0.4, -0.2) is 53.5 Å². The SMILES string of the molecule is CCN1CCC(N(C)C(=O)c2ccc(N)c(O)c2)CC1. The minimum absolute atomic E-state index is 0.0370.